The monoisotopic (exact) mass is 179 g/mol. The summed E-state index contributed by atoms with van der Waals surface area (Å²) in [5.74, 6) is 0.861. The zero-order chi connectivity index (χ0) is 9.10. The Morgan fingerprint density at radius 1 is 1.54 bits per heavy atom. The summed E-state index contributed by atoms with van der Waals surface area (Å²) in [7, 11) is 2.18. The van der Waals surface area contributed by atoms with Gasteiger partial charge in [-0.1, -0.05) is 0 Å². The number of nitrogens with zero attached hydrogens (tertiary/aromatic N) is 1. The van der Waals surface area contributed by atoms with Crippen molar-refractivity contribution in [3.05, 3.63) is 24.0 Å². The van der Waals surface area contributed by atoms with Crippen LogP contribution < -0.4 is 5.32 Å². The molecular formula is C10H17N3. The molecule has 0 amide bonds. The second-order valence-corrected chi connectivity index (χ2v) is 3.92. The molecule has 1 saturated heterocycles. The molecule has 0 aromatic carbocycles. The molecule has 2 rings (SSSR count). The molecule has 0 unspecified atom stereocenters. The fraction of sp³-hybridized carbons (Fsp3) is 0.600. The summed E-state index contributed by atoms with van der Waals surface area (Å²) in [6, 6.07) is 4.18. The van der Waals surface area contributed by atoms with Gasteiger partial charge in [0.15, 0.2) is 0 Å². The van der Waals surface area contributed by atoms with Crippen molar-refractivity contribution >= 4 is 0 Å². The van der Waals surface area contributed by atoms with E-state index >= 15 is 0 Å². The molecule has 1 aromatic heterocycles. The van der Waals surface area contributed by atoms with E-state index in [1.807, 2.05) is 12.3 Å². The lowest BCUT2D eigenvalue weighted by Crippen LogP contribution is -2.47. The second kappa shape index (κ2) is 3.94. The summed E-state index contributed by atoms with van der Waals surface area (Å²) < 4.78 is 0. The third-order valence-electron chi connectivity index (χ3n) is 2.54. The van der Waals surface area contributed by atoms with Crippen molar-refractivity contribution in [2.75, 3.05) is 26.7 Å². The topological polar surface area (TPSA) is 31.1 Å². The molecule has 2 heterocycles. The molecule has 1 aliphatic heterocycles. The molecular weight excluding hydrogens is 162 g/mol. The maximum atomic E-state index is 3.29. The van der Waals surface area contributed by atoms with E-state index in [0.717, 1.165) is 12.5 Å². The van der Waals surface area contributed by atoms with Crippen LogP contribution in [0.25, 0.3) is 0 Å². The fourth-order valence-electron chi connectivity index (χ4n) is 1.74. The molecule has 1 aliphatic rings. The Hall–Kier alpha value is -0.800. The van der Waals surface area contributed by atoms with Gasteiger partial charge in [0.05, 0.1) is 0 Å². The van der Waals surface area contributed by atoms with E-state index in [4.69, 9.17) is 0 Å². The van der Waals surface area contributed by atoms with Crippen LogP contribution in [0.15, 0.2) is 18.3 Å². The molecule has 0 radical (unpaired) electrons. The lowest BCUT2D eigenvalue weighted by Gasteiger charge is -2.31. The highest BCUT2D eigenvalue weighted by Crippen LogP contribution is 2.07. The Labute approximate surface area is 79.1 Å². The molecule has 0 aliphatic carbocycles. The van der Waals surface area contributed by atoms with Gasteiger partial charge in [0, 0.05) is 38.1 Å². The minimum atomic E-state index is 0.861. The normalized spacial score (nSPS) is 17.7. The lowest BCUT2D eigenvalue weighted by atomic mass is 10.0. The minimum absolute atomic E-state index is 0.861. The summed E-state index contributed by atoms with van der Waals surface area (Å²) >= 11 is 0. The summed E-state index contributed by atoms with van der Waals surface area (Å²) in [5, 5.41) is 3.29. The molecule has 0 spiro atoms. The van der Waals surface area contributed by atoms with Crippen molar-refractivity contribution in [3.8, 4) is 0 Å². The van der Waals surface area contributed by atoms with E-state index in [2.05, 4.69) is 28.3 Å². The van der Waals surface area contributed by atoms with Crippen LogP contribution in [0.5, 0.6) is 0 Å². The number of aromatic amines is 1. The predicted octanol–water partition coefficient (Wildman–Crippen LogP) is 0.666. The first-order valence-electron chi connectivity index (χ1n) is 4.86. The summed E-state index contributed by atoms with van der Waals surface area (Å²) in [5.41, 5.74) is 1.30. The van der Waals surface area contributed by atoms with E-state index in [1.54, 1.807) is 0 Å². The number of H-pyrrole nitrogens is 1. The van der Waals surface area contributed by atoms with Crippen LogP contribution in [0, 0.1) is 5.92 Å². The molecule has 3 nitrogen and oxygen atoms in total. The smallest absolute Gasteiger partial charge is 0.0382 e. The molecule has 1 fully saturated rings. The zero-order valence-electron chi connectivity index (χ0n) is 8.09. The SMILES string of the molecule is CN(Cc1ccc[nH]1)CC1CNC1. The highest BCUT2D eigenvalue weighted by atomic mass is 15.1. The molecule has 0 atom stereocenters. The van der Waals surface area contributed by atoms with E-state index in [0.29, 0.717) is 0 Å². The summed E-state index contributed by atoms with van der Waals surface area (Å²) in [6.45, 7) is 4.61. The maximum Gasteiger partial charge on any atom is 0.0382 e. The lowest BCUT2D eigenvalue weighted by molar-refractivity contribution is 0.217. The van der Waals surface area contributed by atoms with Crippen LogP contribution in [0.1, 0.15) is 5.69 Å². The van der Waals surface area contributed by atoms with Crippen LogP contribution in [-0.4, -0.2) is 36.6 Å². The zero-order valence-corrected chi connectivity index (χ0v) is 8.09. The Morgan fingerprint density at radius 3 is 2.92 bits per heavy atom. The van der Waals surface area contributed by atoms with E-state index < -0.39 is 0 Å². The first kappa shape index (κ1) is 8.78. The first-order valence-corrected chi connectivity index (χ1v) is 4.86. The van der Waals surface area contributed by atoms with Crippen LogP contribution in [0.2, 0.25) is 0 Å². The largest absolute Gasteiger partial charge is 0.364 e. The quantitative estimate of drug-likeness (QED) is 0.711. The Balaban J connectivity index is 1.74. The van der Waals surface area contributed by atoms with E-state index in [9.17, 15) is 0 Å². The van der Waals surface area contributed by atoms with Crippen LogP contribution in [0.3, 0.4) is 0 Å². The number of nitrogens with one attached hydrogen (secondary N) is 2. The third kappa shape index (κ3) is 2.32. The minimum Gasteiger partial charge on any atom is -0.364 e. The average molecular weight is 179 g/mol. The average Bonchev–Trinajstić information content (AvgIpc) is 2.49. The van der Waals surface area contributed by atoms with Crippen molar-refractivity contribution in [2.45, 2.75) is 6.54 Å². The maximum absolute atomic E-state index is 3.29. The number of rotatable bonds is 4. The van der Waals surface area contributed by atoms with Crippen LogP contribution in [0.4, 0.5) is 0 Å². The highest BCUT2D eigenvalue weighted by molar-refractivity contribution is 5.03. The van der Waals surface area contributed by atoms with Crippen molar-refractivity contribution in [2.24, 2.45) is 5.92 Å². The van der Waals surface area contributed by atoms with Gasteiger partial charge in [-0.3, -0.25) is 0 Å². The molecule has 2 N–H and O–H groups in total. The van der Waals surface area contributed by atoms with Crippen LogP contribution in [-0.2, 0) is 6.54 Å². The van der Waals surface area contributed by atoms with Gasteiger partial charge in [-0.15, -0.1) is 0 Å². The van der Waals surface area contributed by atoms with Gasteiger partial charge in [-0.2, -0.15) is 0 Å². The molecule has 0 saturated carbocycles. The van der Waals surface area contributed by atoms with Gasteiger partial charge in [0.2, 0.25) is 0 Å². The predicted molar refractivity (Wildman–Crippen MR) is 53.5 cm³/mol. The first-order chi connectivity index (χ1) is 6.34. The van der Waals surface area contributed by atoms with Gasteiger partial charge in [0.25, 0.3) is 0 Å². The standard InChI is InChI=1S/C10H17N3/c1-13(7-9-5-11-6-9)8-10-3-2-4-12-10/h2-4,9,11-12H,5-8H2,1H3. The van der Waals surface area contributed by atoms with Gasteiger partial charge >= 0.3 is 0 Å². The number of aromatic nitrogens is 1. The summed E-state index contributed by atoms with van der Waals surface area (Å²) in [4.78, 5) is 5.59. The van der Waals surface area contributed by atoms with Gasteiger partial charge in [-0.05, 0) is 25.1 Å². The molecule has 72 valence electrons. The Bertz CT molecular complexity index is 239. The van der Waals surface area contributed by atoms with E-state index in [-0.39, 0.29) is 0 Å². The highest BCUT2D eigenvalue weighted by Gasteiger charge is 2.18. The molecule has 3 heteroatoms. The number of hydrogen-bond acceptors (Lipinski definition) is 2. The summed E-state index contributed by atoms with van der Waals surface area (Å²) in [6.07, 6.45) is 1.98. The van der Waals surface area contributed by atoms with Crippen molar-refractivity contribution in [1.29, 1.82) is 0 Å². The molecule has 1 aromatic rings. The van der Waals surface area contributed by atoms with Crippen molar-refractivity contribution in [1.82, 2.24) is 15.2 Å². The Morgan fingerprint density at radius 2 is 2.38 bits per heavy atom. The molecule has 0 bridgehead atoms. The Kier molecular flexibility index (Phi) is 2.66. The fourth-order valence-corrected chi connectivity index (χ4v) is 1.74. The molecule has 13 heavy (non-hydrogen) atoms. The van der Waals surface area contributed by atoms with Crippen molar-refractivity contribution < 1.29 is 0 Å². The van der Waals surface area contributed by atoms with Crippen molar-refractivity contribution in [3.63, 3.8) is 0 Å². The van der Waals surface area contributed by atoms with Gasteiger partial charge in [0.1, 0.15) is 0 Å². The second-order valence-electron chi connectivity index (χ2n) is 3.92. The van der Waals surface area contributed by atoms with Gasteiger partial charge in [-0.25, -0.2) is 0 Å². The van der Waals surface area contributed by atoms with E-state index in [1.165, 1.54) is 25.3 Å². The van der Waals surface area contributed by atoms with Crippen LogP contribution >= 0.6 is 0 Å². The van der Waals surface area contributed by atoms with Gasteiger partial charge < -0.3 is 15.2 Å². The third-order valence-corrected chi connectivity index (χ3v) is 2.54. The number of hydrogen-bond donors (Lipinski definition) is 2.